The summed E-state index contributed by atoms with van der Waals surface area (Å²) in [5.41, 5.74) is 2.44. The highest BCUT2D eigenvalue weighted by Gasteiger charge is 2.21. The fourth-order valence-electron chi connectivity index (χ4n) is 2.94. The molecule has 1 amide bonds. The zero-order chi connectivity index (χ0) is 20.1. The summed E-state index contributed by atoms with van der Waals surface area (Å²) in [6.07, 6.45) is 4.86. The van der Waals surface area contributed by atoms with E-state index >= 15 is 0 Å². The molecule has 3 heterocycles. The first kappa shape index (κ1) is 20.0. The van der Waals surface area contributed by atoms with Gasteiger partial charge >= 0.3 is 0 Å². The van der Waals surface area contributed by atoms with Gasteiger partial charge in [-0.2, -0.15) is 5.10 Å². The van der Waals surface area contributed by atoms with Crippen LogP contribution in [0.1, 0.15) is 22.7 Å². The number of furan rings is 1. The highest BCUT2D eigenvalue weighted by atomic mass is 35.5. The van der Waals surface area contributed by atoms with E-state index in [0.717, 1.165) is 22.7 Å². The van der Waals surface area contributed by atoms with E-state index in [1.165, 1.54) is 6.20 Å². The lowest BCUT2D eigenvalue weighted by molar-refractivity contribution is -0.132. The minimum absolute atomic E-state index is 0.0311. The van der Waals surface area contributed by atoms with E-state index in [2.05, 4.69) is 15.1 Å². The number of hydrogen-bond acceptors (Lipinski definition) is 6. The second kappa shape index (κ2) is 8.99. The predicted molar refractivity (Wildman–Crippen MR) is 103 cm³/mol. The number of carbonyl (C=O) groups is 1. The summed E-state index contributed by atoms with van der Waals surface area (Å²) in [6, 6.07) is 3.65. The molecule has 0 fully saturated rings. The van der Waals surface area contributed by atoms with Crippen LogP contribution < -0.4 is 0 Å². The standard InChI is InChI=1S/C19H22ClN5O3/c1-13-16(14(2)25(23-13)18-11-21-10-17(20)22-18)9-19(26)24(6-8-27-3)12-15-5-4-7-28-15/h4-5,7,10-11H,6,8-9,12H2,1-3H3. The SMILES string of the molecule is COCCN(Cc1ccco1)C(=O)Cc1c(C)nn(-c2cncc(Cl)n2)c1C. The molecule has 0 bridgehead atoms. The molecule has 0 spiro atoms. The van der Waals surface area contributed by atoms with Crippen LogP contribution >= 0.6 is 11.6 Å². The van der Waals surface area contributed by atoms with Crippen molar-refractivity contribution >= 4 is 17.5 Å². The van der Waals surface area contributed by atoms with Crippen molar-refractivity contribution in [2.45, 2.75) is 26.8 Å². The first-order valence-electron chi connectivity index (χ1n) is 8.81. The summed E-state index contributed by atoms with van der Waals surface area (Å²) >= 11 is 5.94. The first-order valence-corrected chi connectivity index (χ1v) is 9.19. The van der Waals surface area contributed by atoms with Crippen LogP contribution in [0.2, 0.25) is 5.15 Å². The molecule has 0 aliphatic carbocycles. The Kier molecular flexibility index (Phi) is 6.43. The number of nitrogens with zero attached hydrogens (tertiary/aromatic N) is 5. The maximum atomic E-state index is 13.0. The summed E-state index contributed by atoms with van der Waals surface area (Å²) in [6.45, 7) is 5.08. The van der Waals surface area contributed by atoms with E-state index in [9.17, 15) is 4.79 Å². The van der Waals surface area contributed by atoms with Crippen LogP contribution in [-0.2, 0) is 22.5 Å². The molecule has 148 valence electrons. The molecule has 0 aliphatic heterocycles. The van der Waals surface area contributed by atoms with Gasteiger partial charge < -0.3 is 14.1 Å². The van der Waals surface area contributed by atoms with Crippen molar-refractivity contribution in [3.8, 4) is 5.82 Å². The number of ether oxygens (including phenoxy) is 1. The molecule has 0 unspecified atom stereocenters. The number of aromatic nitrogens is 4. The van der Waals surface area contributed by atoms with Gasteiger partial charge in [-0.05, 0) is 26.0 Å². The Morgan fingerprint density at radius 2 is 2.18 bits per heavy atom. The first-order chi connectivity index (χ1) is 13.5. The molecule has 0 atom stereocenters. The summed E-state index contributed by atoms with van der Waals surface area (Å²) in [5.74, 6) is 1.21. The van der Waals surface area contributed by atoms with Crippen molar-refractivity contribution in [1.82, 2.24) is 24.6 Å². The zero-order valence-corrected chi connectivity index (χ0v) is 16.8. The van der Waals surface area contributed by atoms with Gasteiger partial charge in [0, 0.05) is 24.9 Å². The maximum Gasteiger partial charge on any atom is 0.227 e. The average molecular weight is 404 g/mol. The second-order valence-corrected chi connectivity index (χ2v) is 6.71. The lowest BCUT2D eigenvalue weighted by Crippen LogP contribution is -2.34. The van der Waals surface area contributed by atoms with E-state index < -0.39 is 0 Å². The molecule has 0 saturated carbocycles. The van der Waals surface area contributed by atoms with Crippen LogP contribution in [0.15, 0.2) is 35.2 Å². The maximum absolute atomic E-state index is 13.0. The summed E-state index contributed by atoms with van der Waals surface area (Å²) in [5, 5.41) is 4.80. The van der Waals surface area contributed by atoms with Gasteiger partial charge in [-0.3, -0.25) is 9.78 Å². The van der Waals surface area contributed by atoms with Gasteiger partial charge in [0.15, 0.2) is 5.82 Å². The van der Waals surface area contributed by atoms with Crippen molar-refractivity contribution in [2.75, 3.05) is 20.3 Å². The molecule has 3 aromatic rings. The Morgan fingerprint density at radius 1 is 1.36 bits per heavy atom. The lowest BCUT2D eigenvalue weighted by Gasteiger charge is -2.21. The summed E-state index contributed by atoms with van der Waals surface area (Å²) in [4.78, 5) is 23.0. The van der Waals surface area contributed by atoms with Crippen LogP contribution in [0.5, 0.6) is 0 Å². The van der Waals surface area contributed by atoms with E-state index in [-0.39, 0.29) is 17.5 Å². The minimum Gasteiger partial charge on any atom is -0.467 e. The molecule has 0 N–H and O–H groups in total. The predicted octanol–water partition coefficient (Wildman–Crippen LogP) is 2.74. The third-order valence-corrected chi connectivity index (χ3v) is 4.61. The van der Waals surface area contributed by atoms with E-state index in [1.807, 2.05) is 19.9 Å². The number of amides is 1. The molecule has 8 nitrogen and oxygen atoms in total. The van der Waals surface area contributed by atoms with Crippen molar-refractivity contribution in [3.05, 3.63) is 58.7 Å². The topological polar surface area (TPSA) is 86.3 Å². The molecule has 0 radical (unpaired) electrons. The minimum atomic E-state index is -0.0311. The van der Waals surface area contributed by atoms with Crippen LogP contribution in [0, 0.1) is 13.8 Å². The van der Waals surface area contributed by atoms with Crippen molar-refractivity contribution in [1.29, 1.82) is 0 Å². The Morgan fingerprint density at radius 3 is 2.86 bits per heavy atom. The molecular formula is C19H22ClN5O3. The van der Waals surface area contributed by atoms with Gasteiger partial charge in [-0.25, -0.2) is 9.67 Å². The van der Waals surface area contributed by atoms with Crippen molar-refractivity contribution in [3.63, 3.8) is 0 Å². The number of aryl methyl sites for hydroxylation is 1. The quantitative estimate of drug-likeness (QED) is 0.574. The largest absolute Gasteiger partial charge is 0.467 e. The smallest absolute Gasteiger partial charge is 0.227 e. The van der Waals surface area contributed by atoms with Gasteiger partial charge in [0.2, 0.25) is 5.91 Å². The van der Waals surface area contributed by atoms with Crippen LogP contribution in [-0.4, -0.2) is 50.8 Å². The van der Waals surface area contributed by atoms with Gasteiger partial charge in [-0.1, -0.05) is 11.6 Å². The number of hydrogen-bond donors (Lipinski definition) is 0. The number of halogens is 1. The second-order valence-electron chi connectivity index (χ2n) is 6.33. The highest BCUT2D eigenvalue weighted by Crippen LogP contribution is 2.19. The number of methoxy groups -OCH3 is 1. The lowest BCUT2D eigenvalue weighted by atomic mass is 10.1. The monoisotopic (exact) mass is 403 g/mol. The average Bonchev–Trinajstić information content (AvgIpc) is 3.28. The molecule has 0 aliphatic rings. The van der Waals surface area contributed by atoms with Crippen LogP contribution in [0.3, 0.4) is 0 Å². The van der Waals surface area contributed by atoms with Crippen LogP contribution in [0.25, 0.3) is 5.82 Å². The molecule has 28 heavy (non-hydrogen) atoms. The van der Waals surface area contributed by atoms with Gasteiger partial charge in [0.1, 0.15) is 10.9 Å². The van der Waals surface area contributed by atoms with E-state index in [0.29, 0.717) is 25.5 Å². The van der Waals surface area contributed by atoms with Gasteiger partial charge in [-0.15, -0.1) is 0 Å². The highest BCUT2D eigenvalue weighted by molar-refractivity contribution is 6.29. The molecular weight excluding hydrogens is 382 g/mol. The zero-order valence-electron chi connectivity index (χ0n) is 16.1. The summed E-state index contributed by atoms with van der Waals surface area (Å²) < 4.78 is 12.2. The van der Waals surface area contributed by atoms with Gasteiger partial charge in [0.05, 0.1) is 43.9 Å². The number of carbonyl (C=O) groups excluding carboxylic acids is 1. The Labute approximate surface area is 168 Å². The van der Waals surface area contributed by atoms with E-state index in [4.69, 9.17) is 20.8 Å². The summed E-state index contributed by atoms with van der Waals surface area (Å²) in [7, 11) is 1.61. The molecule has 0 aromatic carbocycles. The van der Waals surface area contributed by atoms with Gasteiger partial charge in [0.25, 0.3) is 0 Å². The fourth-order valence-corrected chi connectivity index (χ4v) is 3.08. The Bertz CT molecular complexity index is 939. The third kappa shape index (κ3) is 4.58. The van der Waals surface area contributed by atoms with Crippen molar-refractivity contribution in [2.24, 2.45) is 0 Å². The molecule has 9 heteroatoms. The molecule has 3 aromatic heterocycles. The van der Waals surface area contributed by atoms with Crippen molar-refractivity contribution < 1.29 is 13.9 Å². The number of rotatable bonds is 8. The Balaban J connectivity index is 1.81. The molecule has 3 rings (SSSR count). The van der Waals surface area contributed by atoms with E-state index in [1.54, 1.807) is 35.2 Å². The fraction of sp³-hybridized carbons (Fsp3) is 0.368. The van der Waals surface area contributed by atoms with Crippen LogP contribution in [0.4, 0.5) is 0 Å². The molecule has 0 saturated heterocycles. The normalized spacial score (nSPS) is 11.0. The third-order valence-electron chi connectivity index (χ3n) is 4.42. The Hall–Kier alpha value is -2.71.